The Labute approximate surface area is 177 Å². The van der Waals surface area contributed by atoms with Crippen molar-refractivity contribution >= 4 is 28.7 Å². The van der Waals surface area contributed by atoms with Crippen molar-refractivity contribution in [2.75, 3.05) is 38.0 Å². The molecule has 1 aliphatic heterocycles. The van der Waals surface area contributed by atoms with Gasteiger partial charge in [-0.2, -0.15) is 0 Å². The molecule has 30 heavy (non-hydrogen) atoms. The molecule has 0 atom stereocenters. The zero-order valence-corrected chi connectivity index (χ0v) is 17.4. The van der Waals surface area contributed by atoms with Crippen LogP contribution >= 0.6 is 0 Å². The van der Waals surface area contributed by atoms with Crippen LogP contribution in [0.5, 0.6) is 0 Å². The molecule has 1 fully saturated rings. The maximum Gasteiger partial charge on any atom is 0.319 e. The molecule has 0 bridgehead atoms. The maximum absolute atomic E-state index is 12.3. The number of anilines is 1. The van der Waals surface area contributed by atoms with Crippen molar-refractivity contribution < 1.29 is 9.59 Å². The molecule has 8 heteroatoms. The van der Waals surface area contributed by atoms with Gasteiger partial charge in [-0.15, -0.1) is 6.58 Å². The molecule has 0 unspecified atom stereocenters. The number of pyridine rings is 1. The number of fused-ring (bicyclic) bond motifs is 1. The third kappa shape index (κ3) is 6.18. The lowest BCUT2D eigenvalue weighted by atomic mass is 10.1. The van der Waals surface area contributed by atoms with Gasteiger partial charge in [0.25, 0.3) is 0 Å². The lowest BCUT2D eigenvalue weighted by Gasteiger charge is -2.32. The number of nitrogens with zero attached hydrogens (tertiary/aromatic N) is 2. The fourth-order valence-corrected chi connectivity index (χ4v) is 3.61. The van der Waals surface area contributed by atoms with E-state index in [0.29, 0.717) is 13.1 Å². The predicted molar refractivity (Wildman–Crippen MR) is 120 cm³/mol. The topological polar surface area (TPSA) is 98.4 Å². The van der Waals surface area contributed by atoms with Gasteiger partial charge in [-0.3, -0.25) is 4.98 Å². The smallest absolute Gasteiger partial charge is 0.319 e. The zero-order valence-electron chi connectivity index (χ0n) is 17.4. The van der Waals surface area contributed by atoms with Crippen molar-refractivity contribution in [3.8, 4) is 0 Å². The number of para-hydroxylation sites is 1. The molecule has 0 spiro atoms. The number of rotatable bonds is 7. The summed E-state index contributed by atoms with van der Waals surface area (Å²) in [6.07, 6.45) is 3.45. The number of aromatic nitrogens is 1. The Kier molecular flexibility index (Phi) is 7.62. The van der Waals surface area contributed by atoms with Gasteiger partial charge in [-0.1, -0.05) is 24.3 Å². The van der Waals surface area contributed by atoms with E-state index in [-0.39, 0.29) is 18.1 Å². The van der Waals surface area contributed by atoms with E-state index in [1.165, 1.54) is 0 Å². The minimum atomic E-state index is -0.221. The lowest BCUT2D eigenvalue weighted by molar-refractivity contribution is 0.192. The number of carbonyl (C=O) groups excluding carboxylic acids is 2. The SMILES string of the molecule is C=CCNC(=O)NC1CCN(CCNC(=O)Nc2cc(C)nc3ccccc23)CC1. The van der Waals surface area contributed by atoms with E-state index in [1.54, 1.807) is 6.08 Å². The standard InChI is InChI=1S/C22H30N6O2/c1-3-10-23-21(29)26-17-8-12-28(13-9-17)14-11-24-22(30)27-20-15-16(2)25-19-7-5-4-6-18(19)20/h3-7,15,17H,1,8-14H2,2H3,(H2,23,26,29)(H2,24,25,27,30). The van der Waals surface area contributed by atoms with Crippen LogP contribution in [0.4, 0.5) is 15.3 Å². The first-order valence-electron chi connectivity index (χ1n) is 10.3. The number of benzene rings is 1. The third-order valence-electron chi connectivity index (χ3n) is 5.14. The molecule has 1 aromatic carbocycles. The Balaban J connectivity index is 1.39. The van der Waals surface area contributed by atoms with E-state index in [0.717, 1.165) is 54.8 Å². The molecule has 0 saturated carbocycles. The summed E-state index contributed by atoms with van der Waals surface area (Å²) in [5.74, 6) is 0. The van der Waals surface area contributed by atoms with Gasteiger partial charge in [0.2, 0.25) is 0 Å². The number of carbonyl (C=O) groups is 2. The van der Waals surface area contributed by atoms with Gasteiger partial charge < -0.3 is 26.2 Å². The van der Waals surface area contributed by atoms with Gasteiger partial charge >= 0.3 is 12.1 Å². The Bertz CT molecular complexity index is 892. The Morgan fingerprint density at radius 1 is 1.20 bits per heavy atom. The van der Waals surface area contributed by atoms with E-state index in [4.69, 9.17) is 0 Å². The van der Waals surface area contributed by atoms with E-state index >= 15 is 0 Å². The number of urea groups is 2. The molecule has 160 valence electrons. The third-order valence-corrected chi connectivity index (χ3v) is 5.14. The maximum atomic E-state index is 12.3. The van der Waals surface area contributed by atoms with Crippen molar-refractivity contribution in [1.82, 2.24) is 25.8 Å². The molecule has 2 heterocycles. The molecule has 3 rings (SSSR count). The van der Waals surface area contributed by atoms with E-state index in [2.05, 4.69) is 37.7 Å². The summed E-state index contributed by atoms with van der Waals surface area (Å²) in [5, 5.41) is 12.5. The first-order valence-corrected chi connectivity index (χ1v) is 10.3. The number of hydrogen-bond acceptors (Lipinski definition) is 4. The first kappa shape index (κ1) is 21.6. The second-order valence-electron chi connectivity index (χ2n) is 7.47. The second-order valence-corrected chi connectivity index (χ2v) is 7.47. The van der Waals surface area contributed by atoms with Crippen molar-refractivity contribution in [3.63, 3.8) is 0 Å². The summed E-state index contributed by atoms with van der Waals surface area (Å²) in [4.78, 5) is 30.8. The largest absolute Gasteiger partial charge is 0.337 e. The van der Waals surface area contributed by atoms with Crippen LogP contribution < -0.4 is 21.3 Å². The highest BCUT2D eigenvalue weighted by Gasteiger charge is 2.20. The fourth-order valence-electron chi connectivity index (χ4n) is 3.61. The minimum Gasteiger partial charge on any atom is -0.337 e. The molecular weight excluding hydrogens is 380 g/mol. The Morgan fingerprint density at radius 3 is 2.73 bits per heavy atom. The van der Waals surface area contributed by atoms with Crippen LogP contribution in [-0.2, 0) is 0 Å². The summed E-state index contributed by atoms with van der Waals surface area (Å²) in [6.45, 7) is 9.09. The molecule has 1 saturated heterocycles. The first-order chi connectivity index (χ1) is 14.5. The molecule has 1 aromatic heterocycles. The molecule has 4 amide bonds. The number of hydrogen-bond donors (Lipinski definition) is 4. The summed E-state index contributed by atoms with van der Waals surface area (Å²) < 4.78 is 0. The monoisotopic (exact) mass is 410 g/mol. The number of aryl methyl sites for hydroxylation is 1. The van der Waals surface area contributed by atoms with E-state index in [9.17, 15) is 9.59 Å². The molecular formula is C22H30N6O2. The molecule has 8 nitrogen and oxygen atoms in total. The van der Waals surface area contributed by atoms with Crippen LogP contribution in [0.1, 0.15) is 18.5 Å². The van der Waals surface area contributed by atoms with Crippen LogP contribution in [-0.4, -0.2) is 60.7 Å². The van der Waals surface area contributed by atoms with Crippen molar-refractivity contribution in [3.05, 3.63) is 48.7 Å². The van der Waals surface area contributed by atoms with Crippen LogP contribution in [0.3, 0.4) is 0 Å². The molecule has 2 aromatic rings. The van der Waals surface area contributed by atoms with Crippen LogP contribution in [0, 0.1) is 6.92 Å². The second kappa shape index (κ2) is 10.6. The number of amides is 4. The van der Waals surface area contributed by atoms with E-state index in [1.807, 2.05) is 37.3 Å². The fraction of sp³-hybridized carbons (Fsp3) is 0.409. The molecule has 0 radical (unpaired) electrons. The quantitative estimate of drug-likeness (QED) is 0.528. The molecule has 0 aliphatic carbocycles. The van der Waals surface area contributed by atoms with Crippen molar-refractivity contribution in [2.24, 2.45) is 0 Å². The number of likely N-dealkylation sites (tertiary alicyclic amines) is 1. The normalized spacial score (nSPS) is 14.8. The summed E-state index contributed by atoms with van der Waals surface area (Å²) in [7, 11) is 0. The van der Waals surface area contributed by atoms with Crippen LogP contribution in [0.25, 0.3) is 10.9 Å². The highest BCUT2D eigenvalue weighted by Crippen LogP contribution is 2.22. The van der Waals surface area contributed by atoms with Crippen molar-refractivity contribution in [2.45, 2.75) is 25.8 Å². The Hall–Kier alpha value is -3.13. The van der Waals surface area contributed by atoms with Gasteiger partial charge in [-0.25, -0.2) is 9.59 Å². The van der Waals surface area contributed by atoms with Gasteiger partial charge in [0.1, 0.15) is 0 Å². The highest BCUT2D eigenvalue weighted by atomic mass is 16.2. The van der Waals surface area contributed by atoms with Crippen LogP contribution in [0.2, 0.25) is 0 Å². The average Bonchev–Trinajstić information content (AvgIpc) is 2.73. The number of piperidine rings is 1. The van der Waals surface area contributed by atoms with Gasteiger partial charge in [0.05, 0.1) is 11.2 Å². The molecule has 1 aliphatic rings. The minimum absolute atomic E-state index is 0.148. The van der Waals surface area contributed by atoms with E-state index < -0.39 is 0 Å². The summed E-state index contributed by atoms with van der Waals surface area (Å²) >= 11 is 0. The van der Waals surface area contributed by atoms with Gasteiger partial charge in [-0.05, 0) is 31.9 Å². The van der Waals surface area contributed by atoms with Crippen molar-refractivity contribution in [1.29, 1.82) is 0 Å². The van der Waals surface area contributed by atoms with Gasteiger partial charge in [0, 0.05) is 49.8 Å². The zero-order chi connectivity index (χ0) is 21.3. The van der Waals surface area contributed by atoms with Gasteiger partial charge in [0.15, 0.2) is 0 Å². The number of nitrogens with one attached hydrogen (secondary N) is 4. The van der Waals surface area contributed by atoms with Crippen LogP contribution in [0.15, 0.2) is 43.0 Å². The summed E-state index contributed by atoms with van der Waals surface area (Å²) in [5.41, 5.74) is 2.48. The Morgan fingerprint density at radius 2 is 1.97 bits per heavy atom. The summed E-state index contributed by atoms with van der Waals surface area (Å²) in [6, 6.07) is 9.46. The molecule has 4 N–H and O–H groups in total. The lowest BCUT2D eigenvalue weighted by Crippen LogP contribution is -2.49. The highest BCUT2D eigenvalue weighted by molar-refractivity contribution is 6.00. The average molecular weight is 411 g/mol. The predicted octanol–water partition coefficient (Wildman–Crippen LogP) is 2.61.